The Labute approximate surface area is 215 Å². The first-order valence-electron chi connectivity index (χ1n) is 12.3. The number of carboxylic acid groups (broad SMARTS) is 1. The number of hydrogen-bond acceptors (Lipinski definition) is 6. The number of pyridine rings is 1. The zero-order chi connectivity index (χ0) is 26.5. The average molecular weight is 506 g/mol. The molecule has 3 N–H and O–H groups in total. The molecule has 2 unspecified atom stereocenters. The predicted octanol–water partition coefficient (Wildman–Crippen LogP) is 4.93. The van der Waals surface area contributed by atoms with Gasteiger partial charge in [-0.2, -0.15) is 5.10 Å². The first-order valence-corrected chi connectivity index (χ1v) is 12.3. The lowest BCUT2D eigenvalue weighted by molar-refractivity contribution is -0.147. The van der Waals surface area contributed by atoms with Gasteiger partial charge in [-0.25, -0.2) is 4.79 Å². The molecule has 0 radical (unpaired) electrons. The Morgan fingerprint density at radius 3 is 2.43 bits per heavy atom. The van der Waals surface area contributed by atoms with Crippen LogP contribution >= 0.6 is 0 Å². The maximum absolute atomic E-state index is 12.9. The van der Waals surface area contributed by atoms with Crippen molar-refractivity contribution in [2.75, 3.05) is 10.6 Å². The van der Waals surface area contributed by atoms with Gasteiger partial charge >= 0.3 is 12.1 Å². The molecule has 0 saturated heterocycles. The monoisotopic (exact) mass is 505 g/mol. The standard InChI is InChI=1S/C27H31N5O5/c1-16-22(30-25(33)19-11-7-8-12-20(19)26(34)35)13-14-23(29-16)21-15-28-32(3)24(21)31-27(36)37-17(2)18-9-5-4-6-10-18/h4-6,9-10,13-15,17,19-20H,7-8,11-12H2,1-3H3,(H,30,33)(H,31,36)(H,34,35)/t17-,19?,20?/m1/s1. The van der Waals surface area contributed by atoms with Crippen molar-refractivity contribution in [3.05, 3.63) is 59.9 Å². The number of carboxylic acids is 1. The molecule has 0 spiro atoms. The van der Waals surface area contributed by atoms with Gasteiger partial charge in [-0.1, -0.05) is 43.2 Å². The second kappa shape index (κ2) is 11.2. The van der Waals surface area contributed by atoms with E-state index in [0.29, 0.717) is 41.3 Å². The summed E-state index contributed by atoms with van der Waals surface area (Å²) in [6.45, 7) is 3.55. The van der Waals surface area contributed by atoms with Crippen LogP contribution in [-0.2, 0) is 21.4 Å². The van der Waals surface area contributed by atoms with E-state index < -0.39 is 30.0 Å². The van der Waals surface area contributed by atoms with Gasteiger partial charge in [0.25, 0.3) is 0 Å². The molecule has 3 aromatic rings. The number of rotatable bonds is 7. The third-order valence-corrected chi connectivity index (χ3v) is 6.75. The minimum atomic E-state index is -0.932. The van der Waals surface area contributed by atoms with Crippen LogP contribution in [0.3, 0.4) is 0 Å². The van der Waals surface area contributed by atoms with E-state index >= 15 is 0 Å². The molecule has 10 nitrogen and oxygen atoms in total. The lowest BCUT2D eigenvalue weighted by Crippen LogP contribution is -2.36. The molecule has 1 aliphatic carbocycles. The van der Waals surface area contributed by atoms with Crippen LogP contribution in [0.4, 0.5) is 16.3 Å². The maximum Gasteiger partial charge on any atom is 0.413 e. The molecule has 3 atom stereocenters. The number of hydrogen-bond donors (Lipinski definition) is 3. The van der Waals surface area contributed by atoms with Gasteiger partial charge in [0.2, 0.25) is 5.91 Å². The van der Waals surface area contributed by atoms with E-state index in [-0.39, 0.29) is 5.91 Å². The molecule has 0 aliphatic heterocycles. The first-order chi connectivity index (χ1) is 17.7. The normalized spacial score (nSPS) is 18.0. The molecule has 10 heteroatoms. The van der Waals surface area contributed by atoms with Crippen LogP contribution in [0.2, 0.25) is 0 Å². The van der Waals surface area contributed by atoms with E-state index in [1.165, 1.54) is 4.68 Å². The van der Waals surface area contributed by atoms with E-state index in [4.69, 9.17) is 4.74 Å². The van der Waals surface area contributed by atoms with Crippen molar-refractivity contribution in [2.45, 2.75) is 45.6 Å². The molecule has 37 heavy (non-hydrogen) atoms. The lowest BCUT2D eigenvalue weighted by Gasteiger charge is -2.27. The molecule has 1 fully saturated rings. The first kappa shape index (κ1) is 25.9. The summed E-state index contributed by atoms with van der Waals surface area (Å²) >= 11 is 0. The van der Waals surface area contributed by atoms with Gasteiger partial charge in [0.1, 0.15) is 11.9 Å². The zero-order valence-corrected chi connectivity index (χ0v) is 21.1. The van der Waals surface area contributed by atoms with Crippen molar-refractivity contribution in [3.8, 4) is 11.3 Å². The van der Waals surface area contributed by atoms with E-state index in [0.717, 1.165) is 18.4 Å². The predicted molar refractivity (Wildman–Crippen MR) is 138 cm³/mol. The third-order valence-electron chi connectivity index (χ3n) is 6.75. The highest BCUT2D eigenvalue weighted by atomic mass is 16.6. The lowest BCUT2D eigenvalue weighted by atomic mass is 9.78. The van der Waals surface area contributed by atoms with Crippen LogP contribution in [0.25, 0.3) is 11.3 Å². The highest BCUT2D eigenvalue weighted by molar-refractivity contribution is 5.96. The number of aliphatic carboxylic acids is 1. The second-order valence-corrected chi connectivity index (χ2v) is 9.27. The quantitative estimate of drug-likeness (QED) is 0.414. The summed E-state index contributed by atoms with van der Waals surface area (Å²) in [6.07, 6.45) is 3.24. The number of nitrogens with one attached hydrogen (secondary N) is 2. The van der Waals surface area contributed by atoms with Crippen LogP contribution in [0, 0.1) is 18.8 Å². The smallest absolute Gasteiger partial charge is 0.413 e. The molecule has 1 aliphatic rings. The largest absolute Gasteiger partial charge is 0.481 e. The number of nitrogens with zero attached hydrogens (tertiary/aromatic N) is 3. The summed E-state index contributed by atoms with van der Waals surface area (Å²) in [7, 11) is 1.70. The maximum atomic E-state index is 12.9. The Morgan fingerprint density at radius 2 is 1.76 bits per heavy atom. The molecule has 4 rings (SSSR count). The Hall–Kier alpha value is -4.21. The Morgan fingerprint density at radius 1 is 1.05 bits per heavy atom. The summed E-state index contributed by atoms with van der Waals surface area (Å²) in [5.74, 6) is -2.05. The van der Waals surface area contributed by atoms with Crippen LogP contribution in [0.15, 0.2) is 48.7 Å². The fourth-order valence-corrected chi connectivity index (χ4v) is 4.66. The minimum Gasteiger partial charge on any atom is -0.481 e. The molecule has 1 saturated carbocycles. The summed E-state index contributed by atoms with van der Waals surface area (Å²) < 4.78 is 7.04. The highest BCUT2D eigenvalue weighted by Gasteiger charge is 2.35. The summed E-state index contributed by atoms with van der Waals surface area (Å²) in [6, 6.07) is 12.9. The van der Waals surface area contributed by atoms with Crippen LogP contribution < -0.4 is 10.6 Å². The minimum absolute atomic E-state index is 0.302. The second-order valence-electron chi connectivity index (χ2n) is 9.27. The van der Waals surface area contributed by atoms with Gasteiger partial charge in [0.15, 0.2) is 0 Å². The van der Waals surface area contributed by atoms with Crippen molar-refractivity contribution in [3.63, 3.8) is 0 Å². The summed E-state index contributed by atoms with van der Waals surface area (Å²) in [5, 5.41) is 19.4. The van der Waals surface area contributed by atoms with Crippen LogP contribution in [-0.4, -0.2) is 37.8 Å². The van der Waals surface area contributed by atoms with Gasteiger partial charge in [-0.3, -0.25) is 24.6 Å². The number of carbonyl (C=O) groups excluding carboxylic acids is 2. The van der Waals surface area contributed by atoms with Gasteiger partial charge in [0, 0.05) is 7.05 Å². The molecule has 2 aromatic heterocycles. The average Bonchev–Trinajstić information content (AvgIpc) is 3.25. The molecular formula is C27H31N5O5. The van der Waals surface area contributed by atoms with Crippen molar-refractivity contribution in [1.82, 2.24) is 14.8 Å². The van der Waals surface area contributed by atoms with Crippen LogP contribution in [0.1, 0.15) is 50.0 Å². The molecule has 194 valence electrons. The number of ether oxygens (including phenoxy) is 1. The highest BCUT2D eigenvalue weighted by Crippen LogP contribution is 2.32. The van der Waals surface area contributed by atoms with Crippen molar-refractivity contribution < 1.29 is 24.2 Å². The SMILES string of the molecule is Cc1nc(-c2cnn(C)c2NC(=O)O[C@H](C)c2ccccc2)ccc1NC(=O)C1CCCCC1C(=O)O. The number of aromatic nitrogens is 3. The summed E-state index contributed by atoms with van der Waals surface area (Å²) in [4.78, 5) is 41.7. The number of benzene rings is 1. The van der Waals surface area contributed by atoms with Gasteiger partial charge in [-0.15, -0.1) is 0 Å². The summed E-state index contributed by atoms with van der Waals surface area (Å²) in [5.41, 5.74) is 3.09. The van der Waals surface area contributed by atoms with E-state index in [9.17, 15) is 19.5 Å². The Bertz CT molecular complexity index is 1290. The number of anilines is 2. The Balaban J connectivity index is 1.47. The fourth-order valence-electron chi connectivity index (χ4n) is 4.66. The van der Waals surface area contributed by atoms with Crippen molar-refractivity contribution >= 4 is 29.5 Å². The number of aryl methyl sites for hydroxylation is 2. The molecule has 0 bridgehead atoms. The third kappa shape index (κ3) is 5.96. The van der Waals surface area contributed by atoms with E-state index in [1.807, 2.05) is 30.3 Å². The Kier molecular flexibility index (Phi) is 7.86. The topological polar surface area (TPSA) is 135 Å². The van der Waals surface area contributed by atoms with Gasteiger partial charge in [-0.05, 0) is 44.4 Å². The van der Waals surface area contributed by atoms with Gasteiger partial charge < -0.3 is 15.2 Å². The van der Waals surface area contributed by atoms with Crippen LogP contribution in [0.5, 0.6) is 0 Å². The molecule has 2 amide bonds. The van der Waals surface area contributed by atoms with Crippen molar-refractivity contribution in [2.24, 2.45) is 18.9 Å². The molecule has 1 aromatic carbocycles. The van der Waals surface area contributed by atoms with E-state index in [2.05, 4.69) is 20.7 Å². The zero-order valence-electron chi connectivity index (χ0n) is 21.1. The fraction of sp³-hybridized carbons (Fsp3) is 0.370. The number of amides is 2. The van der Waals surface area contributed by atoms with E-state index in [1.54, 1.807) is 39.2 Å². The number of carbonyl (C=O) groups is 3. The molecule has 2 heterocycles. The van der Waals surface area contributed by atoms with Crippen molar-refractivity contribution in [1.29, 1.82) is 0 Å². The van der Waals surface area contributed by atoms with Gasteiger partial charge in [0.05, 0.1) is 40.7 Å². The molecular weight excluding hydrogens is 474 g/mol.